The predicted molar refractivity (Wildman–Crippen MR) is 259 cm³/mol. The first kappa shape index (κ1) is 52.8. The molecule has 6 aromatic rings. The van der Waals surface area contributed by atoms with Gasteiger partial charge in [0.05, 0.1) is 34.3 Å². The lowest BCUT2D eigenvalue weighted by Crippen LogP contribution is -2.45. The van der Waals surface area contributed by atoms with Crippen molar-refractivity contribution in [1.29, 1.82) is 0 Å². The summed E-state index contributed by atoms with van der Waals surface area (Å²) < 4.78 is 126. The molecule has 0 fully saturated rings. The Labute approximate surface area is 413 Å². The fraction of sp³-hybridized carbons (Fsp3) is 0.269. The van der Waals surface area contributed by atoms with Crippen molar-refractivity contribution < 1.29 is 73.9 Å². The zero-order valence-electron chi connectivity index (χ0n) is 39.2. The molecule has 2 aliphatic heterocycles. The summed E-state index contributed by atoms with van der Waals surface area (Å²) in [5, 5.41) is 38.6. The highest BCUT2D eigenvalue weighted by molar-refractivity contribution is 7.93. The quantitative estimate of drug-likeness (QED) is 0.0754. The lowest BCUT2D eigenvalue weighted by Gasteiger charge is -2.36. The highest BCUT2D eigenvalue weighted by Gasteiger charge is 2.39. The zero-order chi connectivity index (χ0) is 52.5. The van der Waals surface area contributed by atoms with Crippen molar-refractivity contribution in [1.82, 2.24) is 0 Å². The van der Waals surface area contributed by atoms with Gasteiger partial charge >= 0.3 is 11.9 Å². The predicted octanol–water partition coefficient (Wildman–Crippen LogP) is 9.02. The third-order valence-electron chi connectivity index (χ3n) is 12.2. The number of sulfonamides is 2. The number of ether oxygens (including phenoxy) is 2. The second-order valence-electron chi connectivity index (χ2n) is 18.0. The first-order valence-corrected chi connectivity index (χ1v) is 25.3. The van der Waals surface area contributed by atoms with E-state index in [2.05, 4.69) is 0 Å². The molecule has 8 rings (SSSR count). The van der Waals surface area contributed by atoms with Gasteiger partial charge in [0.25, 0.3) is 20.0 Å². The highest BCUT2D eigenvalue weighted by atomic mass is 32.2. The van der Waals surface area contributed by atoms with Crippen molar-refractivity contribution in [3.63, 3.8) is 0 Å². The average Bonchev–Trinajstić information content (AvgIpc) is 3.33. The van der Waals surface area contributed by atoms with E-state index in [1.807, 2.05) is 0 Å². The number of rotatable bonds is 14. The Kier molecular flexibility index (Phi) is 15.1. The first-order chi connectivity index (χ1) is 33.8. The van der Waals surface area contributed by atoms with Gasteiger partial charge in [0.2, 0.25) is 0 Å². The van der Waals surface area contributed by atoms with Crippen LogP contribution < -0.4 is 18.1 Å². The van der Waals surface area contributed by atoms with Crippen molar-refractivity contribution in [2.45, 2.75) is 86.6 Å². The summed E-state index contributed by atoms with van der Waals surface area (Å²) in [6.45, 7) is 5.49. The number of carbonyl (C=O) groups is 2. The molecular weight excluding hydrogens is 985 g/mol. The number of hydrogen-bond acceptors (Lipinski definition) is 10. The normalized spacial score (nSPS) is 17.1. The summed E-state index contributed by atoms with van der Waals surface area (Å²) in [7, 11) is -8.22. The van der Waals surface area contributed by atoms with Crippen LogP contribution in [0.3, 0.4) is 0 Å². The number of anilines is 2. The van der Waals surface area contributed by atoms with Crippen molar-refractivity contribution in [3.8, 4) is 33.8 Å². The van der Waals surface area contributed by atoms with Crippen molar-refractivity contribution in [3.05, 3.63) is 156 Å². The molecule has 0 aliphatic carbocycles. The molecule has 20 heteroatoms. The SMILES string of the molecule is Cc1cccc(S(=O)(=O)N2C[C@H](CC[C@@](C)(O)C(=O)O)Oc3ccc(-c4cc(F)ccc4F)cc32)c1.Cc1cccc(S(=O)(=O)N2C[C@H](CC[C@](C)(O)C(=O)O)Oc3ccc(-c4cc(F)ccc4F)cc32)c1. The van der Waals surface area contributed by atoms with Crippen LogP contribution in [0.2, 0.25) is 0 Å². The van der Waals surface area contributed by atoms with Crippen LogP contribution in [-0.4, -0.2) is 85.7 Å². The zero-order valence-corrected chi connectivity index (χ0v) is 40.9. The standard InChI is InChI=1S/2C26H25F2NO6S/c2*1-16-4-3-5-20(12-16)36(33,34)29-15-19(10-11-26(2,32)25(30)31)35-24-9-6-17(13-23(24)29)21-14-18(27)7-8-22(21)28/h2*3-9,12-14,19,32H,10-11,15H2,1-2H3,(H,30,31)/t19-,26+;19-,26-/m00/s1. The van der Waals surface area contributed by atoms with E-state index in [4.69, 9.17) is 9.47 Å². The Morgan fingerprint density at radius 1 is 0.569 bits per heavy atom. The topological polar surface area (TPSA) is 208 Å². The smallest absolute Gasteiger partial charge is 0.335 e. The van der Waals surface area contributed by atoms with E-state index in [9.17, 15) is 64.4 Å². The number of fused-ring (bicyclic) bond motifs is 2. The van der Waals surface area contributed by atoms with E-state index in [0.717, 1.165) is 70.0 Å². The number of benzene rings is 6. The largest absolute Gasteiger partial charge is 0.486 e. The maximum absolute atomic E-state index is 14.5. The summed E-state index contributed by atoms with van der Waals surface area (Å²) in [6.07, 6.45) is -1.77. The van der Waals surface area contributed by atoms with Gasteiger partial charge in [-0.25, -0.2) is 44.0 Å². The number of halogens is 4. The number of carboxylic acids is 2. The molecule has 0 bridgehead atoms. The van der Waals surface area contributed by atoms with Crippen LogP contribution in [0, 0.1) is 37.1 Å². The maximum Gasteiger partial charge on any atom is 0.335 e. The molecule has 2 aliphatic rings. The van der Waals surface area contributed by atoms with E-state index in [1.54, 1.807) is 38.1 Å². The second-order valence-corrected chi connectivity index (χ2v) is 21.8. The molecule has 380 valence electrons. The number of aliphatic carboxylic acids is 2. The second kappa shape index (κ2) is 20.6. The van der Waals surface area contributed by atoms with Crippen molar-refractivity contribution in [2.24, 2.45) is 0 Å². The van der Waals surface area contributed by atoms with Gasteiger partial charge in [-0.05, 0) is 161 Å². The lowest BCUT2D eigenvalue weighted by molar-refractivity contribution is -0.158. The average molecular weight is 1040 g/mol. The van der Waals surface area contributed by atoms with E-state index < -0.39 is 78.7 Å². The highest BCUT2D eigenvalue weighted by Crippen LogP contribution is 2.43. The van der Waals surface area contributed by atoms with E-state index in [0.29, 0.717) is 0 Å². The van der Waals surface area contributed by atoms with Gasteiger partial charge in [0.1, 0.15) is 47.0 Å². The molecule has 0 unspecified atom stereocenters. The molecule has 0 saturated heterocycles. The Balaban J connectivity index is 0.000000211. The molecule has 0 spiro atoms. The number of carboxylic acid groups (broad SMARTS) is 2. The van der Waals surface area contributed by atoms with Gasteiger partial charge in [-0.1, -0.05) is 36.4 Å². The summed E-state index contributed by atoms with van der Waals surface area (Å²) in [5.41, 5.74) is -1.85. The number of hydrogen-bond donors (Lipinski definition) is 4. The van der Waals surface area contributed by atoms with E-state index >= 15 is 0 Å². The van der Waals surface area contributed by atoms with Crippen LogP contribution >= 0.6 is 0 Å². The first-order valence-electron chi connectivity index (χ1n) is 22.4. The van der Waals surface area contributed by atoms with Crippen LogP contribution in [0.15, 0.2) is 131 Å². The Hall–Kier alpha value is -7.00. The third kappa shape index (κ3) is 11.5. The monoisotopic (exact) mass is 1030 g/mol. The number of aliphatic hydroxyl groups is 2. The summed E-state index contributed by atoms with van der Waals surface area (Å²) in [4.78, 5) is 22.7. The lowest BCUT2D eigenvalue weighted by atomic mass is 9.97. The number of nitrogens with zero attached hydrogens (tertiary/aromatic N) is 2. The molecule has 2 heterocycles. The van der Waals surface area contributed by atoms with Gasteiger partial charge < -0.3 is 29.9 Å². The van der Waals surface area contributed by atoms with Gasteiger partial charge in [0, 0.05) is 11.1 Å². The van der Waals surface area contributed by atoms with Crippen LogP contribution in [0.4, 0.5) is 28.9 Å². The fourth-order valence-corrected chi connectivity index (χ4v) is 11.3. The van der Waals surface area contributed by atoms with E-state index in [-0.39, 0.29) is 93.7 Å². The summed E-state index contributed by atoms with van der Waals surface area (Å²) in [6, 6.07) is 27.5. The molecule has 0 amide bonds. The summed E-state index contributed by atoms with van der Waals surface area (Å²) in [5.74, 6) is -5.07. The fourth-order valence-electron chi connectivity index (χ4n) is 8.06. The summed E-state index contributed by atoms with van der Waals surface area (Å²) >= 11 is 0. The Bertz CT molecular complexity index is 3060. The molecule has 4 atom stereocenters. The van der Waals surface area contributed by atoms with Crippen molar-refractivity contribution in [2.75, 3.05) is 21.7 Å². The Morgan fingerprint density at radius 2 is 0.944 bits per heavy atom. The maximum atomic E-state index is 14.5. The molecular formula is C52H50F4N2O12S2. The van der Waals surface area contributed by atoms with Crippen LogP contribution in [-0.2, 0) is 29.6 Å². The molecule has 6 aromatic carbocycles. The molecule has 14 nitrogen and oxygen atoms in total. The van der Waals surface area contributed by atoms with Gasteiger partial charge in [-0.15, -0.1) is 0 Å². The minimum absolute atomic E-state index is 0.0361. The molecule has 72 heavy (non-hydrogen) atoms. The molecule has 0 aromatic heterocycles. The van der Waals surface area contributed by atoms with Crippen LogP contribution in [0.25, 0.3) is 22.3 Å². The van der Waals surface area contributed by atoms with Gasteiger partial charge in [-0.2, -0.15) is 0 Å². The molecule has 4 N–H and O–H groups in total. The third-order valence-corrected chi connectivity index (χ3v) is 15.8. The van der Waals surface area contributed by atoms with Gasteiger partial charge in [0.15, 0.2) is 11.2 Å². The molecule has 0 saturated carbocycles. The van der Waals surface area contributed by atoms with Gasteiger partial charge in [-0.3, -0.25) is 8.61 Å². The van der Waals surface area contributed by atoms with Crippen LogP contribution in [0.1, 0.15) is 50.7 Å². The Morgan fingerprint density at radius 3 is 1.29 bits per heavy atom. The number of aryl methyl sites for hydroxylation is 2. The van der Waals surface area contributed by atoms with Crippen LogP contribution in [0.5, 0.6) is 11.5 Å². The minimum Gasteiger partial charge on any atom is -0.486 e. The molecule has 0 radical (unpaired) electrons. The minimum atomic E-state index is -4.11. The van der Waals surface area contributed by atoms with E-state index in [1.165, 1.54) is 60.7 Å². The van der Waals surface area contributed by atoms with Crippen molar-refractivity contribution >= 4 is 43.4 Å².